The Morgan fingerprint density at radius 2 is 2.13 bits per heavy atom. The van der Waals surface area contributed by atoms with E-state index in [-0.39, 0.29) is 0 Å². The zero-order chi connectivity index (χ0) is 11.3. The molecular formula is C12H14O3. The summed E-state index contributed by atoms with van der Waals surface area (Å²) in [5.41, 5.74) is 1.17. The topological polar surface area (TPSA) is 46.5 Å². The highest BCUT2D eigenvalue weighted by molar-refractivity contribution is 5.92. The highest BCUT2D eigenvalue weighted by Crippen LogP contribution is 2.21. The smallest absolute Gasteiger partial charge is 0.331 e. The molecule has 0 aliphatic carbocycles. The molecule has 0 saturated heterocycles. The van der Waals surface area contributed by atoms with E-state index in [2.05, 4.69) is 0 Å². The van der Waals surface area contributed by atoms with Crippen LogP contribution in [0.15, 0.2) is 29.8 Å². The molecule has 0 aliphatic heterocycles. The van der Waals surface area contributed by atoms with Crippen molar-refractivity contribution in [2.45, 2.75) is 13.3 Å². The van der Waals surface area contributed by atoms with E-state index in [4.69, 9.17) is 9.84 Å². The first-order chi connectivity index (χ1) is 7.19. The van der Waals surface area contributed by atoms with Gasteiger partial charge in [-0.1, -0.05) is 25.1 Å². The van der Waals surface area contributed by atoms with Gasteiger partial charge in [0, 0.05) is 11.1 Å². The van der Waals surface area contributed by atoms with Crippen molar-refractivity contribution < 1.29 is 14.6 Å². The second-order valence-corrected chi connectivity index (χ2v) is 3.07. The fourth-order valence-corrected chi connectivity index (χ4v) is 1.29. The Morgan fingerprint density at radius 1 is 1.47 bits per heavy atom. The molecule has 0 bridgehead atoms. The van der Waals surface area contributed by atoms with Crippen LogP contribution in [-0.4, -0.2) is 18.2 Å². The van der Waals surface area contributed by atoms with Crippen LogP contribution in [0.1, 0.15) is 18.9 Å². The molecule has 0 radical (unpaired) electrons. The van der Waals surface area contributed by atoms with E-state index in [1.54, 1.807) is 19.3 Å². The molecule has 0 aliphatic rings. The van der Waals surface area contributed by atoms with Crippen molar-refractivity contribution in [3.63, 3.8) is 0 Å². The summed E-state index contributed by atoms with van der Waals surface area (Å²) < 4.78 is 5.13. The van der Waals surface area contributed by atoms with Crippen molar-refractivity contribution in [1.82, 2.24) is 0 Å². The minimum absolute atomic E-state index is 0.375. The summed E-state index contributed by atoms with van der Waals surface area (Å²) in [6.07, 6.45) is 2.13. The molecule has 3 nitrogen and oxygen atoms in total. The van der Waals surface area contributed by atoms with Crippen LogP contribution in [0.25, 0.3) is 6.08 Å². The molecule has 0 unspecified atom stereocenters. The van der Waals surface area contributed by atoms with Crippen LogP contribution < -0.4 is 4.74 Å². The van der Waals surface area contributed by atoms with Crippen LogP contribution in [0.4, 0.5) is 0 Å². The first-order valence-electron chi connectivity index (χ1n) is 4.76. The van der Waals surface area contributed by atoms with Crippen LogP contribution in [-0.2, 0) is 4.79 Å². The highest BCUT2D eigenvalue weighted by Gasteiger charge is 2.06. The number of hydrogen-bond donors (Lipinski definition) is 1. The summed E-state index contributed by atoms with van der Waals surface area (Å²) in [4.78, 5) is 10.8. The maximum atomic E-state index is 10.8. The summed E-state index contributed by atoms with van der Waals surface area (Å²) >= 11 is 0. The van der Waals surface area contributed by atoms with E-state index in [1.165, 1.54) is 0 Å². The van der Waals surface area contributed by atoms with Crippen molar-refractivity contribution in [3.05, 3.63) is 35.4 Å². The maximum absolute atomic E-state index is 10.8. The molecule has 0 spiro atoms. The molecule has 1 aromatic rings. The van der Waals surface area contributed by atoms with Crippen molar-refractivity contribution in [2.75, 3.05) is 7.11 Å². The predicted octanol–water partition coefficient (Wildman–Crippen LogP) is 2.57. The number of carbonyl (C=O) groups is 1. The number of methoxy groups -OCH3 is 1. The third-order valence-corrected chi connectivity index (χ3v) is 2.12. The van der Waals surface area contributed by atoms with Crippen LogP contribution in [0.5, 0.6) is 5.75 Å². The molecule has 0 atom stereocenters. The number of carboxylic acid groups (broad SMARTS) is 1. The SMILES string of the molecule is CCC(=Cc1ccccc1OC)C(=O)O. The summed E-state index contributed by atoms with van der Waals surface area (Å²) in [6, 6.07) is 7.34. The molecule has 15 heavy (non-hydrogen) atoms. The van der Waals surface area contributed by atoms with E-state index < -0.39 is 5.97 Å². The summed E-state index contributed by atoms with van der Waals surface area (Å²) in [6.45, 7) is 1.81. The van der Waals surface area contributed by atoms with E-state index in [1.807, 2.05) is 25.1 Å². The van der Waals surface area contributed by atoms with Crippen LogP contribution in [0.2, 0.25) is 0 Å². The average molecular weight is 206 g/mol. The van der Waals surface area contributed by atoms with Crippen molar-refractivity contribution in [2.24, 2.45) is 0 Å². The van der Waals surface area contributed by atoms with E-state index in [0.717, 1.165) is 5.56 Å². The Bertz CT molecular complexity index is 380. The first-order valence-corrected chi connectivity index (χ1v) is 4.76. The lowest BCUT2D eigenvalue weighted by Crippen LogP contribution is -1.99. The zero-order valence-corrected chi connectivity index (χ0v) is 8.86. The Balaban J connectivity index is 3.10. The van der Waals surface area contributed by atoms with Gasteiger partial charge in [-0.3, -0.25) is 0 Å². The van der Waals surface area contributed by atoms with Gasteiger partial charge in [-0.05, 0) is 18.6 Å². The number of para-hydroxylation sites is 1. The Labute approximate surface area is 89.0 Å². The quantitative estimate of drug-likeness (QED) is 0.770. The standard InChI is InChI=1S/C12H14O3/c1-3-9(12(13)14)8-10-6-4-5-7-11(10)15-2/h4-8H,3H2,1-2H3,(H,13,14). The molecule has 0 heterocycles. The molecule has 3 heteroatoms. The Hall–Kier alpha value is -1.77. The molecule has 1 aromatic carbocycles. The Kier molecular flexibility index (Phi) is 3.92. The number of carboxylic acids is 1. The van der Waals surface area contributed by atoms with Gasteiger partial charge in [0.15, 0.2) is 0 Å². The van der Waals surface area contributed by atoms with Gasteiger partial charge in [-0.25, -0.2) is 4.79 Å². The van der Waals surface area contributed by atoms with Crippen LogP contribution >= 0.6 is 0 Å². The van der Waals surface area contributed by atoms with Gasteiger partial charge in [0.1, 0.15) is 5.75 Å². The summed E-state index contributed by atoms with van der Waals surface area (Å²) in [5.74, 6) is -0.201. The lowest BCUT2D eigenvalue weighted by Gasteiger charge is -2.05. The Morgan fingerprint density at radius 3 is 2.67 bits per heavy atom. The van der Waals surface area contributed by atoms with Gasteiger partial charge in [-0.15, -0.1) is 0 Å². The molecule has 1 rings (SSSR count). The largest absolute Gasteiger partial charge is 0.496 e. The fraction of sp³-hybridized carbons (Fsp3) is 0.250. The molecule has 0 aromatic heterocycles. The lowest BCUT2D eigenvalue weighted by atomic mass is 10.1. The molecule has 0 amide bonds. The number of aliphatic carboxylic acids is 1. The van der Waals surface area contributed by atoms with Crippen molar-refractivity contribution in [1.29, 1.82) is 0 Å². The summed E-state index contributed by atoms with van der Waals surface area (Å²) in [5, 5.41) is 8.89. The van der Waals surface area contributed by atoms with Gasteiger partial charge in [0.25, 0.3) is 0 Å². The number of hydrogen-bond acceptors (Lipinski definition) is 2. The van der Waals surface area contributed by atoms with E-state index in [0.29, 0.717) is 17.7 Å². The number of rotatable bonds is 4. The van der Waals surface area contributed by atoms with E-state index >= 15 is 0 Å². The second kappa shape index (κ2) is 5.20. The average Bonchev–Trinajstić information content (AvgIpc) is 2.25. The molecule has 1 N–H and O–H groups in total. The molecular weight excluding hydrogens is 192 g/mol. The number of benzene rings is 1. The summed E-state index contributed by atoms with van der Waals surface area (Å²) in [7, 11) is 1.57. The lowest BCUT2D eigenvalue weighted by molar-refractivity contribution is -0.132. The normalized spacial score (nSPS) is 11.2. The van der Waals surface area contributed by atoms with Gasteiger partial charge in [0.2, 0.25) is 0 Å². The highest BCUT2D eigenvalue weighted by atomic mass is 16.5. The predicted molar refractivity (Wildman–Crippen MR) is 58.9 cm³/mol. The van der Waals surface area contributed by atoms with E-state index in [9.17, 15) is 4.79 Å². The maximum Gasteiger partial charge on any atom is 0.331 e. The second-order valence-electron chi connectivity index (χ2n) is 3.07. The third kappa shape index (κ3) is 2.84. The zero-order valence-electron chi connectivity index (χ0n) is 8.86. The fourth-order valence-electron chi connectivity index (χ4n) is 1.29. The van der Waals surface area contributed by atoms with Crippen molar-refractivity contribution >= 4 is 12.0 Å². The molecule has 0 saturated carbocycles. The third-order valence-electron chi connectivity index (χ3n) is 2.12. The van der Waals surface area contributed by atoms with Gasteiger partial charge < -0.3 is 9.84 Å². The van der Waals surface area contributed by atoms with Gasteiger partial charge >= 0.3 is 5.97 Å². The van der Waals surface area contributed by atoms with Crippen molar-refractivity contribution in [3.8, 4) is 5.75 Å². The first kappa shape index (κ1) is 11.3. The van der Waals surface area contributed by atoms with Gasteiger partial charge in [-0.2, -0.15) is 0 Å². The minimum Gasteiger partial charge on any atom is -0.496 e. The number of ether oxygens (including phenoxy) is 1. The monoisotopic (exact) mass is 206 g/mol. The van der Waals surface area contributed by atoms with Crippen LogP contribution in [0, 0.1) is 0 Å². The molecule has 0 fully saturated rings. The molecule has 80 valence electrons. The minimum atomic E-state index is -0.886. The van der Waals surface area contributed by atoms with Crippen LogP contribution in [0.3, 0.4) is 0 Å². The van der Waals surface area contributed by atoms with Gasteiger partial charge in [0.05, 0.1) is 7.11 Å².